The summed E-state index contributed by atoms with van der Waals surface area (Å²) in [5.41, 5.74) is 3.30. The number of carboxylic acids is 1. The Kier molecular flexibility index (Phi) is 4.11. The van der Waals surface area contributed by atoms with E-state index in [1.807, 2.05) is 13.0 Å². The maximum Gasteiger partial charge on any atom is 0.335 e. The van der Waals surface area contributed by atoms with Crippen molar-refractivity contribution < 1.29 is 9.90 Å². The maximum atomic E-state index is 10.9. The van der Waals surface area contributed by atoms with Crippen molar-refractivity contribution in [1.29, 1.82) is 0 Å². The molecule has 3 rings (SSSR count). The van der Waals surface area contributed by atoms with E-state index in [0.717, 1.165) is 22.5 Å². The number of rotatable bonds is 3. The van der Waals surface area contributed by atoms with Crippen molar-refractivity contribution in [2.75, 3.05) is 5.32 Å². The maximum absolute atomic E-state index is 10.9. The first-order chi connectivity index (χ1) is 10.9. The topological polar surface area (TPSA) is 62.2 Å². The molecule has 2 N–H and O–H groups in total. The highest BCUT2D eigenvalue weighted by atomic mass is 35.5. The molecule has 0 aliphatic carbocycles. The summed E-state index contributed by atoms with van der Waals surface area (Å²) in [5, 5.41) is 14.0. The Hall–Kier alpha value is -2.30. The second-order valence-electron chi connectivity index (χ2n) is 5.10. The fraction of sp³-hybridized carbons (Fsp3) is 0.0588. The zero-order valence-corrected chi connectivity index (χ0v) is 13.6. The molecule has 0 bridgehead atoms. The fourth-order valence-corrected chi connectivity index (χ4v) is 2.95. The molecule has 23 heavy (non-hydrogen) atoms. The van der Waals surface area contributed by atoms with Gasteiger partial charge < -0.3 is 10.4 Å². The SMILES string of the molecule is Cc1cc(Nc2ccc(C(=O)O)cc2)c2c(Cl)cc(Cl)cc2n1. The van der Waals surface area contributed by atoms with Crippen LogP contribution in [0.1, 0.15) is 16.1 Å². The highest BCUT2D eigenvalue weighted by molar-refractivity contribution is 6.39. The summed E-state index contributed by atoms with van der Waals surface area (Å²) < 4.78 is 0. The molecule has 0 saturated carbocycles. The van der Waals surface area contributed by atoms with Gasteiger partial charge in [-0.25, -0.2) is 4.79 Å². The third kappa shape index (κ3) is 3.23. The van der Waals surface area contributed by atoms with Crippen molar-refractivity contribution in [1.82, 2.24) is 4.98 Å². The molecule has 0 saturated heterocycles. The molecule has 4 nitrogen and oxygen atoms in total. The van der Waals surface area contributed by atoms with Crippen LogP contribution in [0.4, 0.5) is 11.4 Å². The van der Waals surface area contributed by atoms with Gasteiger partial charge in [-0.3, -0.25) is 4.98 Å². The molecule has 1 heterocycles. The summed E-state index contributed by atoms with van der Waals surface area (Å²) in [4.78, 5) is 15.4. The minimum absolute atomic E-state index is 0.233. The summed E-state index contributed by atoms with van der Waals surface area (Å²) in [7, 11) is 0. The van der Waals surface area contributed by atoms with E-state index in [-0.39, 0.29) is 5.56 Å². The first kappa shape index (κ1) is 15.6. The molecule has 3 aromatic rings. The smallest absolute Gasteiger partial charge is 0.335 e. The van der Waals surface area contributed by atoms with Crippen LogP contribution >= 0.6 is 23.2 Å². The van der Waals surface area contributed by atoms with E-state index in [0.29, 0.717) is 15.6 Å². The highest BCUT2D eigenvalue weighted by Gasteiger charge is 2.10. The molecule has 0 aliphatic heterocycles. The van der Waals surface area contributed by atoms with E-state index in [1.54, 1.807) is 36.4 Å². The molecular formula is C17H12Cl2N2O2. The number of benzene rings is 2. The van der Waals surface area contributed by atoms with Crippen LogP contribution in [0.3, 0.4) is 0 Å². The lowest BCUT2D eigenvalue weighted by atomic mass is 10.1. The lowest BCUT2D eigenvalue weighted by Crippen LogP contribution is -1.98. The van der Waals surface area contributed by atoms with E-state index in [4.69, 9.17) is 28.3 Å². The number of hydrogen-bond acceptors (Lipinski definition) is 3. The van der Waals surface area contributed by atoms with Crippen molar-refractivity contribution in [2.24, 2.45) is 0 Å². The Morgan fingerprint density at radius 1 is 1.13 bits per heavy atom. The number of aromatic carboxylic acids is 1. The van der Waals surface area contributed by atoms with Gasteiger partial charge in [0, 0.05) is 21.8 Å². The quantitative estimate of drug-likeness (QED) is 0.676. The number of carbonyl (C=O) groups is 1. The summed E-state index contributed by atoms with van der Waals surface area (Å²) in [6.07, 6.45) is 0. The number of halogens is 2. The summed E-state index contributed by atoms with van der Waals surface area (Å²) in [5.74, 6) is -0.959. The number of aromatic nitrogens is 1. The first-order valence-electron chi connectivity index (χ1n) is 6.81. The van der Waals surface area contributed by atoms with E-state index >= 15 is 0 Å². The van der Waals surface area contributed by atoms with Gasteiger partial charge in [-0.2, -0.15) is 0 Å². The first-order valence-corrected chi connectivity index (χ1v) is 7.56. The standard InChI is InChI=1S/C17H12Cl2N2O2/c1-9-6-14(16-13(19)7-11(18)8-15(16)20-9)21-12-4-2-10(3-5-12)17(22)23/h2-8H,1H3,(H,20,21)(H,22,23). The van der Waals surface area contributed by atoms with Crippen molar-refractivity contribution >= 4 is 51.4 Å². The highest BCUT2D eigenvalue weighted by Crippen LogP contribution is 2.34. The number of hydrogen-bond donors (Lipinski definition) is 2. The molecule has 0 fully saturated rings. The molecule has 0 spiro atoms. The predicted molar refractivity (Wildman–Crippen MR) is 93.2 cm³/mol. The number of nitrogens with zero attached hydrogens (tertiary/aromatic N) is 1. The van der Waals surface area contributed by atoms with Gasteiger partial charge in [0.05, 0.1) is 21.8 Å². The monoisotopic (exact) mass is 346 g/mol. The molecule has 0 aliphatic rings. The summed E-state index contributed by atoms with van der Waals surface area (Å²) >= 11 is 12.3. The lowest BCUT2D eigenvalue weighted by molar-refractivity contribution is 0.0697. The lowest BCUT2D eigenvalue weighted by Gasteiger charge is -2.12. The Labute approximate surface area is 142 Å². The number of fused-ring (bicyclic) bond motifs is 1. The van der Waals surface area contributed by atoms with Gasteiger partial charge in [0.15, 0.2) is 0 Å². The van der Waals surface area contributed by atoms with Crippen molar-refractivity contribution in [3.63, 3.8) is 0 Å². The third-order valence-corrected chi connectivity index (χ3v) is 3.88. The largest absolute Gasteiger partial charge is 0.478 e. The number of nitrogens with one attached hydrogen (secondary N) is 1. The molecular weight excluding hydrogens is 335 g/mol. The van der Waals surface area contributed by atoms with Crippen LogP contribution in [0.15, 0.2) is 42.5 Å². The molecule has 116 valence electrons. The molecule has 6 heteroatoms. The molecule has 2 aromatic carbocycles. The molecule has 1 aromatic heterocycles. The van der Waals surface area contributed by atoms with Crippen LogP contribution in [0.2, 0.25) is 10.0 Å². The van der Waals surface area contributed by atoms with E-state index in [1.165, 1.54) is 0 Å². The van der Waals surface area contributed by atoms with Crippen LogP contribution in [0.25, 0.3) is 10.9 Å². The number of anilines is 2. The molecule has 0 atom stereocenters. The average molecular weight is 347 g/mol. The van der Waals surface area contributed by atoms with Crippen LogP contribution < -0.4 is 5.32 Å². The number of pyridine rings is 1. The van der Waals surface area contributed by atoms with Gasteiger partial charge in [-0.1, -0.05) is 23.2 Å². The Morgan fingerprint density at radius 3 is 2.48 bits per heavy atom. The molecule has 0 radical (unpaired) electrons. The van der Waals surface area contributed by atoms with Gasteiger partial charge in [-0.15, -0.1) is 0 Å². The van der Waals surface area contributed by atoms with Crippen molar-refractivity contribution in [3.8, 4) is 0 Å². The van der Waals surface area contributed by atoms with Crippen LogP contribution in [0, 0.1) is 6.92 Å². The number of carboxylic acid groups (broad SMARTS) is 1. The summed E-state index contributed by atoms with van der Waals surface area (Å²) in [6, 6.07) is 11.8. The molecule has 0 unspecified atom stereocenters. The zero-order valence-electron chi connectivity index (χ0n) is 12.1. The minimum Gasteiger partial charge on any atom is -0.478 e. The van der Waals surface area contributed by atoms with Crippen molar-refractivity contribution in [2.45, 2.75) is 6.92 Å². The van der Waals surface area contributed by atoms with E-state index < -0.39 is 5.97 Å². The average Bonchev–Trinajstić information content (AvgIpc) is 2.46. The van der Waals surface area contributed by atoms with E-state index in [9.17, 15) is 4.79 Å². The second kappa shape index (κ2) is 6.07. The second-order valence-corrected chi connectivity index (χ2v) is 5.94. The zero-order chi connectivity index (χ0) is 16.6. The fourth-order valence-electron chi connectivity index (χ4n) is 2.37. The minimum atomic E-state index is -0.959. The third-order valence-electron chi connectivity index (χ3n) is 3.36. The van der Waals surface area contributed by atoms with E-state index in [2.05, 4.69) is 10.3 Å². The molecule has 0 amide bonds. The summed E-state index contributed by atoms with van der Waals surface area (Å²) in [6.45, 7) is 1.88. The predicted octanol–water partition coefficient (Wildman–Crippen LogP) is 5.29. The van der Waals surface area contributed by atoms with Crippen molar-refractivity contribution in [3.05, 3.63) is 63.8 Å². The number of aryl methyl sites for hydroxylation is 1. The van der Waals surface area contributed by atoms with Crippen LogP contribution in [-0.4, -0.2) is 16.1 Å². The van der Waals surface area contributed by atoms with Gasteiger partial charge in [0.1, 0.15) is 0 Å². The van der Waals surface area contributed by atoms with Crippen LogP contribution in [0.5, 0.6) is 0 Å². The van der Waals surface area contributed by atoms with Gasteiger partial charge in [-0.05, 0) is 49.4 Å². The Balaban J connectivity index is 2.07. The normalized spacial score (nSPS) is 10.7. The Morgan fingerprint density at radius 2 is 1.83 bits per heavy atom. The van der Waals surface area contributed by atoms with Gasteiger partial charge in [0.25, 0.3) is 0 Å². The van der Waals surface area contributed by atoms with Gasteiger partial charge in [0.2, 0.25) is 0 Å². The van der Waals surface area contributed by atoms with Gasteiger partial charge >= 0.3 is 5.97 Å². The van der Waals surface area contributed by atoms with Crippen LogP contribution in [-0.2, 0) is 0 Å². The Bertz CT molecular complexity index is 903.